The number of carbonyl (C=O) groups excluding carboxylic acids is 2. The fraction of sp³-hybridized carbons (Fsp3) is 0.529. The highest BCUT2D eigenvalue weighted by molar-refractivity contribution is 5.94. The highest BCUT2D eigenvalue weighted by atomic mass is 16.6. The molecule has 0 bridgehead atoms. The molecule has 1 aromatic carbocycles. The van der Waals surface area contributed by atoms with Gasteiger partial charge in [0.05, 0.1) is 19.3 Å². The summed E-state index contributed by atoms with van der Waals surface area (Å²) in [7, 11) is 0. The van der Waals surface area contributed by atoms with Crippen molar-refractivity contribution in [3.63, 3.8) is 0 Å². The van der Waals surface area contributed by atoms with E-state index in [0.717, 1.165) is 5.56 Å². The topological polar surface area (TPSA) is 55.8 Å². The van der Waals surface area contributed by atoms with Crippen LogP contribution in [0.4, 0.5) is 4.79 Å². The molecule has 1 atom stereocenters. The van der Waals surface area contributed by atoms with Gasteiger partial charge in [0.2, 0.25) is 5.91 Å². The zero-order valence-electron chi connectivity index (χ0n) is 13.4. The summed E-state index contributed by atoms with van der Waals surface area (Å²) in [6.45, 7) is 6.15. The fourth-order valence-electron chi connectivity index (χ4n) is 2.35. The second kappa shape index (κ2) is 6.92. The van der Waals surface area contributed by atoms with Crippen LogP contribution >= 0.6 is 0 Å². The van der Waals surface area contributed by atoms with E-state index < -0.39 is 11.7 Å². The predicted molar refractivity (Wildman–Crippen MR) is 82.2 cm³/mol. The zero-order valence-corrected chi connectivity index (χ0v) is 13.4. The van der Waals surface area contributed by atoms with Crippen molar-refractivity contribution in [1.29, 1.82) is 0 Å². The largest absolute Gasteiger partial charge is 0.443 e. The minimum atomic E-state index is -0.616. The molecular weight excluding hydrogens is 282 g/mol. The first-order valence-corrected chi connectivity index (χ1v) is 7.53. The van der Waals surface area contributed by atoms with E-state index in [1.807, 2.05) is 30.3 Å². The molecule has 0 aliphatic carbocycles. The van der Waals surface area contributed by atoms with Gasteiger partial charge in [-0.3, -0.25) is 4.79 Å². The third-order valence-electron chi connectivity index (χ3n) is 3.34. The number of ether oxygens (including phenoxy) is 2. The van der Waals surface area contributed by atoms with Gasteiger partial charge in [-0.1, -0.05) is 30.3 Å². The summed E-state index contributed by atoms with van der Waals surface area (Å²) in [5, 5.41) is 0. The Labute approximate surface area is 131 Å². The number of likely N-dealkylation sites (tertiary alicyclic amines) is 1. The summed E-state index contributed by atoms with van der Waals surface area (Å²) >= 11 is 0. The molecule has 0 saturated carbocycles. The van der Waals surface area contributed by atoms with Gasteiger partial charge in [0.15, 0.2) is 0 Å². The van der Waals surface area contributed by atoms with E-state index >= 15 is 0 Å². The highest BCUT2D eigenvalue weighted by Gasteiger charge is 2.38. The molecule has 1 aromatic rings. The van der Waals surface area contributed by atoms with E-state index in [1.165, 1.54) is 4.90 Å². The number of rotatable bonds is 4. The number of amides is 2. The molecule has 5 nitrogen and oxygen atoms in total. The normalized spacial score (nSPS) is 18.6. The summed E-state index contributed by atoms with van der Waals surface area (Å²) in [5.41, 5.74) is 0.450. The van der Waals surface area contributed by atoms with Gasteiger partial charge in [-0.15, -0.1) is 0 Å². The molecule has 1 aliphatic rings. The highest BCUT2D eigenvalue weighted by Crippen LogP contribution is 2.22. The Morgan fingerprint density at radius 1 is 1.27 bits per heavy atom. The molecule has 1 saturated heterocycles. The van der Waals surface area contributed by atoms with E-state index in [4.69, 9.17) is 9.47 Å². The van der Waals surface area contributed by atoms with Gasteiger partial charge in [-0.05, 0) is 32.8 Å². The van der Waals surface area contributed by atoms with Gasteiger partial charge in [0.25, 0.3) is 0 Å². The summed E-state index contributed by atoms with van der Waals surface area (Å²) in [6.07, 6.45) is 0.397. The number of benzene rings is 1. The standard InChI is InChI=1S/C17H23NO4/c1-17(2,3)22-16(20)18-14(9-10-15(18)19)12-21-11-13-7-5-4-6-8-13/h4-8,14H,9-12H2,1-3H3. The number of hydrogen-bond acceptors (Lipinski definition) is 4. The lowest BCUT2D eigenvalue weighted by atomic mass is 10.2. The van der Waals surface area contributed by atoms with Crippen LogP contribution in [-0.2, 0) is 20.9 Å². The zero-order chi connectivity index (χ0) is 16.2. The molecule has 1 heterocycles. The average molecular weight is 305 g/mol. The fourth-order valence-corrected chi connectivity index (χ4v) is 2.35. The summed E-state index contributed by atoms with van der Waals surface area (Å²) in [4.78, 5) is 25.3. The maximum atomic E-state index is 12.1. The minimum Gasteiger partial charge on any atom is -0.443 e. The van der Waals surface area contributed by atoms with Crippen LogP contribution in [0, 0.1) is 0 Å². The van der Waals surface area contributed by atoms with E-state index in [2.05, 4.69) is 0 Å². The predicted octanol–water partition coefficient (Wildman–Crippen LogP) is 3.13. The van der Waals surface area contributed by atoms with Crippen LogP contribution in [0.3, 0.4) is 0 Å². The van der Waals surface area contributed by atoms with Crippen LogP contribution in [0.15, 0.2) is 30.3 Å². The van der Waals surface area contributed by atoms with Crippen LogP contribution in [0.2, 0.25) is 0 Å². The lowest BCUT2D eigenvalue weighted by Crippen LogP contribution is -2.44. The third kappa shape index (κ3) is 4.56. The van der Waals surface area contributed by atoms with Crippen LogP contribution in [0.1, 0.15) is 39.2 Å². The number of carbonyl (C=O) groups is 2. The Kier molecular flexibility index (Phi) is 5.19. The second-order valence-corrected chi connectivity index (χ2v) is 6.44. The Morgan fingerprint density at radius 3 is 2.59 bits per heavy atom. The van der Waals surface area contributed by atoms with Gasteiger partial charge in [-0.25, -0.2) is 9.69 Å². The third-order valence-corrected chi connectivity index (χ3v) is 3.34. The first kappa shape index (κ1) is 16.5. The van der Waals surface area contributed by atoms with Crippen molar-refractivity contribution in [2.24, 2.45) is 0 Å². The molecule has 2 amide bonds. The lowest BCUT2D eigenvalue weighted by Gasteiger charge is -2.27. The van der Waals surface area contributed by atoms with Crippen LogP contribution in [-0.4, -0.2) is 35.2 Å². The van der Waals surface area contributed by atoms with E-state index in [1.54, 1.807) is 20.8 Å². The molecular formula is C17H23NO4. The van der Waals surface area contributed by atoms with Crippen molar-refractivity contribution in [3.8, 4) is 0 Å². The van der Waals surface area contributed by atoms with Crippen molar-refractivity contribution in [1.82, 2.24) is 4.90 Å². The van der Waals surface area contributed by atoms with Crippen molar-refractivity contribution < 1.29 is 19.1 Å². The SMILES string of the molecule is CC(C)(C)OC(=O)N1C(=O)CCC1COCc1ccccc1. The van der Waals surface area contributed by atoms with Crippen molar-refractivity contribution in [2.45, 2.75) is 51.9 Å². The first-order valence-electron chi connectivity index (χ1n) is 7.53. The monoisotopic (exact) mass is 305 g/mol. The number of imide groups is 1. The molecule has 1 unspecified atom stereocenters. The minimum absolute atomic E-state index is 0.192. The Hall–Kier alpha value is -1.88. The molecule has 120 valence electrons. The molecule has 1 aliphatic heterocycles. The van der Waals surface area contributed by atoms with Gasteiger partial charge < -0.3 is 9.47 Å². The van der Waals surface area contributed by atoms with E-state index in [9.17, 15) is 9.59 Å². The maximum Gasteiger partial charge on any atom is 0.417 e. The summed E-state index contributed by atoms with van der Waals surface area (Å²) in [6, 6.07) is 9.56. The van der Waals surface area contributed by atoms with Crippen LogP contribution < -0.4 is 0 Å². The number of hydrogen-bond donors (Lipinski definition) is 0. The van der Waals surface area contributed by atoms with Crippen LogP contribution in [0.25, 0.3) is 0 Å². The second-order valence-electron chi connectivity index (χ2n) is 6.44. The Morgan fingerprint density at radius 2 is 1.95 bits per heavy atom. The molecule has 0 spiro atoms. The average Bonchev–Trinajstić information content (AvgIpc) is 2.79. The molecule has 0 aromatic heterocycles. The van der Waals surface area contributed by atoms with Crippen molar-refractivity contribution in [2.75, 3.05) is 6.61 Å². The lowest BCUT2D eigenvalue weighted by molar-refractivity contribution is -0.128. The van der Waals surface area contributed by atoms with Gasteiger partial charge in [0.1, 0.15) is 5.60 Å². The Balaban J connectivity index is 1.89. The molecule has 2 rings (SSSR count). The van der Waals surface area contributed by atoms with E-state index in [0.29, 0.717) is 26.1 Å². The maximum absolute atomic E-state index is 12.1. The molecule has 0 radical (unpaired) electrons. The summed E-state index contributed by atoms with van der Waals surface area (Å²) in [5.74, 6) is -0.192. The molecule has 22 heavy (non-hydrogen) atoms. The number of nitrogens with zero attached hydrogens (tertiary/aromatic N) is 1. The quantitative estimate of drug-likeness (QED) is 0.857. The smallest absolute Gasteiger partial charge is 0.417 e. The van der Waals surface area contributed by atoms with E-state index in [-0.39, 0.29) is 11.9 Å². The van der Waals surface area contributed by atoms with Gasteiger partial charge in [0, 0.05) is 6.42 Å². The molecule has 1 fully saturated rings. The van der Waals surface area contributed by atoms with Crippen molar-refractivity contribution in [3.05, 3.63) is 35.9 Å². The first-order chi connectivity index (χ1) is 10.4. The summed E-state index contributed by atoms with van der Waals surface area (Å²) < 4.78 is 11.0. The Bertz CT molecular complexity index is 521. The van der Waals surface area contributed by atoms with Crippen LogP contribution in [0.5, 0.6) is 0 Å². The van der Waals surface area contributed by atoms with Gasteiger partial charge in [-0.2, -0.15) is 0 Å². The molecule has 0 N–H and O–H groups in total. The van der Waals surface area contributed by atoms with Crippen molar-refractivity contribution >= 4 is 12.0 Å². The van der Waals surface area contributed by atoms with Gasteiger partial charge >= 0.3 is 6.09 Å². The molecule has 5 heteroatoms.